The van der Waals surface area contributed by atoms with Crippen molar-refractivity contribution in [3.63, 3.8) is 0 Å². The smallest absolute Gasteiger partial charge is 0.343 e. The molecule has 2 aromatic rings. The van der Waals surface area contributed by atoms with Gasteiger partial charge in [0.25, 0.3) is 0 Å². The van der Waals surface area contributed by atoms with E-state index in [0.717, 1.165) is 43.0 Å². The molecule has 1 aliphatic rings. The second-order valence-electron chi connectivity index (χ2n) is 9.37. The minimum atomic E-state index is -0.966. The lowest BCUT2D eigenvalue weighted by Crippen LogP contribution is -2.38. The number of carbonyl (C=O) groups is 2. The maximum absolute atomic E-state index is 13.5. The molecule has 2 atom stereocenters. The molecule has 7 N–H and O–H groups in total. The Balaban J connectivity index is 1.43. The number of fused-ring (bicyclic) bond motifs is 1. The van der Waals surface area contributed by atoms with Gasteiger partial charge in [-0.3, -0.25) is 4.99 Å². The molecule has 0 amide bonds. The SMILES string of the molecule is CCO[C@@H](Cc1ccc(NCCCN2CCOc3cc(F)ccc32)cc1)C(=O)OC(=O)[C@@H](N)CCCN=C(N)N. The van der Waals surface area contributed by atoms with E-state index in [1.165, 1.54) is 12.1 Å². The number of ether oxygens (including phenoxy) is 3. The molecule has 0 radical (unpaired) electrons. The van der Waals surface area contributed by atoms with Crippen LogP contribution in [0.1, 0.15) is 31.7 Å². The first-order chi connectivity index (χ1) is 19.3. The Kier molecular flexibility index (Phi) is 12.0. The average molecular weight is 559 g/mol. The van der Waals surface area contributed by atoms with E-state index in [2.05, 4.69) is 15.2 Å². The Hall–Kier alpha value is -3.90. The Morgan fingerprint density at radius 3 is 2.65 bits per heavy atom. The fourth-order valence-corrected chi connectivity index (χ4v) is 4.25. The molecule has 0 aromatic heterocycles. The minimum Gasteiger partial charge on any atom is -0.489 e. The van der Waals surface area contributed by atoms with Crippen molar-refractivity contribution in [1.82, 2.24) is 0 Å². The molecule has 0 unspecified atom stereocenters. The monoisotopic (exact) mass is 558 g/mol. The van der Waals surface area contributed by atoms with Crippen molar-refractivity contribution >= 4 is 29.3 Å². The van der Waals surface area contributed by atoms with Gasteiger partial charge in [-0.15, -0.1) is 0 Å². The highest BCUT2D eigenvalue weighted by atomic mass is 19.1. The molecule has 1 aliphatic heterocycles. The first kappa shape index (κ1) is 30.6. The van der Waals surface area contributed by atoms with Crippen LogP contribution in [0.2, 0.25) is 0 Å². The van der Waals surface area contributed by atoms with E-state index in [0.29, 0.717) is 25.3 Å². The van der Waals surface area contributed by atoms with E-state index in [9.17, 15) is 14.0 Å². The quantitative estimate of drug-likeness (QED) is 0.0833. The van der Waals surface area contributed by atoms with Crippen LogP contribution in [-0.2, 0) is 25.5 Å². The summed E-state index contributed by atoms with van der Waals surface area (Å²) in [6, 6.07) is 11.3. The van der Waals surface area contributed by atoms with Crippen molar-refractivity contribution in [3.05, 3.63) is 53.8 Å². The van der Waals surface area contributed by atoms with Gasteiger partial charge in [0.2, 0.25) is 0 Å². The van der Waals surface area contributed by atoms with E-state index in [-0.39, 0.29) is 31.2 Å². The van der Waals surface area contributed by atoms with Crippen molar-refractivity contribution in [2.75, 3.05) is 49.6 Å². The number of nitrogens with one attached hydrogen (secondary N) is 1. The predicted molar refractivity (Wildman–Crippen MR) is 152 cm³/mol. The molecule has 0 saturated heterocycles. The molecule has 0 spiro atoms. The molecule has 0 aliphatic carbocycles. The van der Waals surface area contributed by atoms with E-state index in [1.807, 2.05) is 24.3 Å². The number of carbonyl (C=O) groups excluding carboxylic acids is 2. The molecule has 2 aromatic carbocycles. The van der Waals surface area contributed by atoms with Crippen molar-refractivity contribution in [1.29, 1.82) is 0 Å². The average Bonchev–Trinajstić information content (AvgIpc) is 2.93. The topological polar surface area (TPSA) is 168 Å². The molecule has 1 heterocycles. The summed E-state index contributed by atoms with van der Waals surface area (Å²) in [7, 11) is 0. The summed E-state index contributed by atoms with van der Waals surface area (Å²) in [4.78, 5) is 30.9. The molecule has 0 bridgehead atoms. The molecule has 40 heavy (non-hydrogen) atoms. The third-order valence-corrected chi connectivity index (χ3v) is 6.29. The van der Waals surface area contributed by atoms with Crippen LogP contribution in [0.25, 0.3) is 0 Å². The second kappa shape index (κ2) is 15.6. The standard InChI is InChI=1S/C28H39FN6O5/c1-2-38-25(27(37)40-26(36)22(30)5-3-12-34-28(31)32)17-19-6-9-21(10-7-19)33-13-4-14-35-15-16-39-24-18-20(29)8-11-23(24)35/h6-11,18,22,25,33H,2-5,12-17,30H2,1H3,(H4,31,32,34)/t22-,25-/m0/s1. The Labute approximate surface area is 233 Å². The van der Waals surface area contributed by atoms with Gasteiger partial charge in [-0.1, -0.05) is 12.1 Å². The lowest BCUT2D eigenvalue weighted by Gasteiger charge is -2.31. The van der Waals surface area contributed by atoms with E-state index in [4.69, 9.17) is 31.4 Å². The molecular formula is C28H39FN6O5. The molecule has 0 saturated carbocycles. The second-order valence-corrected chi connectivity index (χ2v) is 9.37. The maximum atomic E-state index is 13.5. The number of nitrogens with two attached hydrogens (primary N) is 3. The summed E-state index contributed by atoms with van der Waals surface area (Å²) >= 11 is 0. The molecule has 11 nitrogen and oxygen atoms in total. The lowest BCUT2D eigenvalue weighted by molar-refractivity contribution is -0.169. The number of rotatable bonds is 15. The molecular weight excluding hydrogens is 519 g/mol. The summed E-state index contributed by atoms with van der Waals surface area (Å²) in [6.07, 6.45) is 0.931. The summed E-state index contributed by atoms with van der Waals surface area (Å²) in [5.74, 6) is -1.35. The van der Waals surface area contributed by atoms with Crippen LogP contribution in [0, 0.1) is 5.82 Å². The first-order valence-corrected chi connectivity index (χ1v) is 13.4. The number of hydrogen-bond donors (Lipinski definition) is 4. The fourth-order valence-electron chi connectivity index (χ4n) is 4.25. The van der Waals surface area contributed by atoms with Crippen molar-refractivity contribution in [2.24, 2.45) is 22.2 Å². The van der Waals surface area contributed by atoms with Crippen molar-refractivity contribution in [2.45, 2.75) is 44.8 Å². The van der Waals surface area contributed by atoms with Gasteiger partial charge in [-0.2, -0.15) is 0 Å². The lowest BCUT2D eigenvalue weighted by atomic mass is 10.1. The maximum Gasteiger partial charge on any atom is 0.343 e. The number of esters is 2. The first-order valence-electron chi connectivity index (χ1n) is 13.4. The number of aliphatic imine (C=N–C) groups is 1. The van der Waals surface area contributed by atoms with E-state index >= 15 is 0 Å². The number of nitrogens with zero attached hydrogens (tertiary/aromatic N) is 2. The summed E-state index contributed by atoms with van der Waals surface area (Å²) < 4.78 is 29.6. The highest BCUT2D eigenvalue weighted by Gasteiger charge is 2.26. The zero-order valence-corrected chi connectivity index (χ0v) is 22.8. The Bertz CT molecular complexity index is 1140. The summed E-state index contributed by atoms with van der Waals surface area (Å²) in [5, 5.41) is 3.39. The molecule has 218 valence electrons. The third-order valence-electron chi connectivity index (χ3n) is 6.29. The van der Waals surface area contributed by atoms with Crippen LogP contribution in [-0.4, -0.2) is 69.4 Å². The van der Waals surface area contributed by atoms with Gasteiger partial charge >= 0.3 is 11.9 Å². The number of guanidine groups is 1. The van der Waals surface area contributed by atoms with E-state index in [1.54, 1.807) is 13.0 Å². The molecule has 0 fully saturated rings. The van der Waals surface area contributed by atoms with Gasteiger partial charge in [0.1, 0.15) is 24.2 Å². The van der Waals surface area contributed by atoms with Crippen LogP contribution in [0.3, 0.4) is 0 Å². The van der Waals surface area contributed by atoms with Crippen LogP contribution in [0.4, 0.5) is 15.8 Å². The van der Waals surface area contributed by atoms with Crippen molar-refractivity contribution in [3.8, 4) is 5.75 Å². The Morgan fingerprint density at radius 1 is 1.15 bits per heavy atom. The zero-order valence-electron chi connectivity index (χ0n) is 22.8. The third kappa shape index (κ3) is 9.69. The van der Waals surface area contributed by atoms with Crippen LogP contribution >= 0.6 is 0 Å². The van der Waals surface area contributed by atoms with E-state index < -0.39 is 24.1 Å². The Morgan fingerprint density at radius 2 is 1.93 bits per heavy atom. The number of anilines is 2. The largest absolute Gasteiger partial charge is 0.489 e. The van der Waals surface area contributed by atoms with Crippen LogP contribution in [0.5, 0.6) is 5.75 Å². The fraction of sp³-hybridized carbons (Fsp3) is 0.464. The summed E-state index contributed by atoms with van der Waals surface area (Å²) in [6.45, 7) is 5.21. The number of hydrogen-bond acceptors (Lipinski definition) is 9. The predicted octanol–water partition coefficient (Wildman–Crippen LogP) is 1.93. The highest BCUT2D eigenvalue weighted by Crippen LogP contribution is 2.32. The van der Waals surface area contributed by atoms with Gasteiger partial charge < -0.3 is 41.6 Å². The molecule has 12 heteroatoms. The molecule has 3 rings (SSSR count). The zero-order chi connectivity index (χ0) is 28.9. The van der Waals surface area contributed by atoms with Crippen molar-refractivity contribution < 1.29 is 28.2 Å². The van der Waals surface area contributed by atoms with Gasteiger partial charge in [0.15, 0.2) is 12.1 Å². The summed E-state index contributed by atoms with van der Waals surface area (Å²) in [5.41, 5.74) is 19.1. The van der Waals surface area contributed by atoms with Gasteiger partial charge in [0, 0.05) is 44.4 Å². The van der Waals surface area contributed by atoms with Crippen LogP contribution < -0.4 is 32.2 Å². The van der Waals surface area contributed by atoms with Gasteiger partial charge in [-0.05, 0) is 56.0 Å². The van der Waals surface area contributed by atoms with Gasteiger partial charge in [-0.25, -0.2) is 14.0 Å². The van der Waals surface area contributed by atoms with Gasteiger partial charge in [0.05, 0.1) is 12.2 Å². The van der Waals surface area contributed by atoms with Crippen LogP contribution in [0.15, 0.2) is 47.5 Å². The normalized spacial score (nSPS) is 13.9. The number of halogens is 1. The minimum absolute atomic E-state index is 0.0374. The number of benzene rings is 2. The highest BCUT2D eigenvalue weighted by molar-refractivity contribution is 5.90.